The lowest BCUT2D eigenvalue weighted by Crippen LogP contribution is -2.44. The minimum Gasteiger partial charge on any atom is -0.338 e. The Labute approximate surface area is 253 Å². The molecule has 0 radical (unpaired) electrons. The molecular weight excluding hydrogens is 530 g/mol. The van der Waals surface area contributed by atoms with Crippen LogP contribution in [0, 0.1) is 5.92 Å². The lowest BCUT2D eigenvalue weighted by atomic mass is 9.95. The molecule has 6 heteroatoms. The van der Waals surface area contributed by atoms with Gasteiger partial charge in [0.1, 0.15) is 0 Å². The standard InChI is InChI=1S/C35H50ClN3O2/c1-3-5-7-8-13-20-34(40)39(28-31(17-10-6-4-2)25-29-15-11-9-12-16-29)27-30-21-23-38(24-22-30)35(41)37-33-19-14-18-32(36)26-33/h9,11-12,14-16,18-19,25-26,30H,3-8,10,13,17,20-24,27-28H2,1-2H3,(H,37,41)/b31-25+. The zero-order valence-corrected chi connectivity index (χ0v) is 26.0. The first-order chi connectivity index (χ1) is 20.0. The number of benzene rings is 2. The third-order valence-electron chi connectivity index (χ3n) is 7.97. The molecule has 5 nitrogen and oxygen atoms in total. The van der Waals surface area contributed by atoms with Gasteiger partial charge in [-0.2, -0.15) is 0 Å². The molecule has 3 amide bonds. The summed E-state index contributed by atoms with van der Waals surface area (Å²) in [7, 11) is 0. The Kier molecular flexibility index (Phi) is 14.8. The lowest BCUT2D eigenvalue weighted by Gasteiger charge is -2.35. The molecule has 1 saturated heterocycles. The minimum absolute atomic E-state index is 0.0882. The van der Waals surface area contributed by atoms with Gasteiger partial charge in [-0.25, -0.2) is 4.79 Å². The van der Waals surface area contributed by atoms with Crippen molar-refractivity contribution in [3.05, 3.63) is 70.8 Å². The highest BCUT2D eigenvalue weighted by Gasteiger charge is 2.26. The highest BCUT2D eigenvalue weighted by atomic mass is 35.5. The number of nitrogens with zero attached hydrogens (tertiary/aromatic N) is 2. The smallest absolute Gasteiger partial charge is 0.321 e. The topological polar surface area (TPSA) is 52.7 Å². The van der Waals surface area contributed by atoms with Gasteiger partial charge < -0.3 is 15.1 Å². The van der Waals surface area contributed by atoms with E-state index in [-0.39, 0.29) is 11.9 Å². The van der Waals surface area contributed by atoms with E-state index in [0.29, 0.717) is 42.7 Å². The molecule has 0 atom stereocenters. The molecule has 2 aromatic rings. The van der Waals surface area contributed by atoms with Gasteiger partial charge in [-0.3, -0.25) is 4.79 Å². The first kappa shape index (κ1) is 32.7. The van der Waals surface area contributed by atoms with Crippen LogP contribution in [0.25, 0.3) is 6.08 Å². The van der Waals surface area contributed by atoms with Crippen LogP contribution in [0.5, 0.6) is 0 Å². The molecule has 0 spiro atoms. The average Bonchev–Trinajstić information content (AvgIpc) is 2.97. The number of unbranched alkanes of at least 4 members (excludes halogenated alkanes) is 6. The zero-order chi connectivity index (χ0) is 29.3. The molecule has 1 heterocycles. The summed E-state index contributed by atoms with van der Waals surface area (Å²) < 4.78 is 0. The number of anilines is 1. The normalized spacial score (nSPS) is 14.2. The van der Waals surface area contributed by atoms with Crippen molar-refractivity contribution in [1.29, 1.82) is 0 Å². The van der Waals surface area contributed by atoms with E-state index in [4.69, 9.17) is 11.6 Å². The Morgan fingerprint density at radius 3 is 2.29 bits per heavy atom. The van der Waals surface area contributed by atoms with Gasteiger partial charge in [0.2, 0.25) is 5.91 Å². The lowest BCUT2D eigenvalue weighted by molar-refractivity contribution is -0.131. The van der Waals surface area contributed by atoms with E-state index in [1.807, 2.05) is 23.1 Å². The second-order valence-corrected chi connectivity index (χ2v) is 11.9. The van der Waals surface area contributed by atoms with Crippen LogP contribution in [0.4, 0.5) is 10.5 Å². The Balaban J connectivity index is 1.63. The van der Waals surface area contributed by atoms with E-state index in [2.05, 4.69) is 54.4 Å². The number of hydrogen-bond acceptors (Lipinski definition) is 2. The van der Waals surface area contributed by atoms with Crippen LogP contribution in [0.2, 0.25) is 5.02 Å². The molecule has 0 unspecified atom stereocenters. The summed E-state index contributed by atoms with van der Waals surface area (Å²) in [6.07, 6.45) is 15.0. The van der Waals surface area contributed by atoms with Crippen molar-refractivity contribution in [2.24, 2.45) is 5.92 Å². The van der Waals surface area contributed by atoms with Crippen LogP contribution in [0.1, 0.15) is 96.5 Å². The fourth-order valence-electron chi connectivity index (χ4n) is 5.52. The molecule has 1 fully saturated rings. The summed E-state index contributed by atoms with van der Waals surface area (Å²) in [5.41, 5.74) is 3.24. The number of piperidine rings is 1. The van der Waals surface area contributed by atoms with Crippen LogP contribution < -0.4 is 5.32 Å². The van der Waals surface area contributed by atoms with Crippen molar-refractivity contribution in [2.75, 3.05) is 31.5 Å². The van der Waals surface area contributed by atoms with Crippen LogP contribution >= 0.6 is 11.6 Å². The van der Waals surface area contributed by atoms with Crippen LogP contribution in [0.3, 0.4) is 0 Å². The van der Waals surface area contributed by atoms with Crippen LogP contribution in [0.15, 0.2) is 60.2 Å². The van der Waals surface area contributed by atoms with Gasteiger partial charge in [0.15, 0.2) is 0 Å². The highest BCUT2D eigenvalue weighted by Crippen LogP contribution is 2.23. The maximum atomic E-state index is 13.6. The van der Waals surface area contributed by atoms with Gasteiger partial charge in [-0.05, 0) is 61.8 Å². The second kappa shape index (κ2) is 18.6. The monoisotopic (exact) mass is 579 g/mol. The number of carbonyl (C=O) groups is 2. The fourth-order valence-corrected chi connectivity index (χ4v) is 5.71. The summed E-state index contributed by atoms with van der Waals surface area (Å²) in [5.74, 6) is 0.667. The van der Waals surface area contributed by atoms with Crippen molar-refractivity contribution < 1.29 is 9.59 Å². The first-order valence-corrected chi connectivity index (χ1v) is 16.2. The molecule has 3 rings (SSSR count). The quantitative estimate of drug-likeness (QED) is 0.201. The second-order valence-electron chi connectivity index (χ2n) is 11.5. The largest absolute Gasteiger partial charge is 0.338 e. The van der Waals surface area contributed by atoms with E-state index < -0.39 is 0 Å². The summed E-state index contributed by atoms with van der Waals surface area (Å²) in [6.45, 7) is 7.30. The number of hydrogen-bond donors (Lipinski definition) is 1. The fraction of sp³-hybridized carbons (Fsp3) is 0.543. The van der Waals surface area contributed by atoms with Crippen LogP contribution in [-0.4, -0.2) is 47.9 Å². The zero-order valence-electron chi connectivity index (χ0n) is 25.3. The number of amides is 3. The van der Waals surface area contributed by atoms with Gasteiger partial charge in [0.25, 0.3) is 0 Å². The SMILES string of the molecule is CCCCCCCC(=O)N(C/C(=C/c1ccccc1)CCCCC)CC1CCN(C(=O)Nc2cccc(Cl)c2)CC1. The molecule has 1 N–H and O–H groups in total. The molecule has 1 aliphatic rings. The van der Waals surface area contributed by atoms with Gasteiger partial charge in [-0.1, -0.05) is 112 Å². The minimum atomic E-state index is -0.0882. The number of rotatable bonds is 16. The van der Waals surface area contributed by atoms with E-state index in [1.54, 1.807) is 12.1 Å². The highest BCUT2D eigenvalue weighted by molar-refractivity contribution is 6.30. The molecule has 1 aliphatic heterocycles. The molecule has 41 heavy (non-hydrogen) atoms. The summed E-state index contributed by atoms with van der Waals surface area (Å²) >= 11 is 6.08. The molecular formula is C35H50ClN3O2. The number of nitrogens with one attached hydrogen (secondary N) is 1. The van der Waals surface area contributed by atoms with E-state index in [0.717, 1.165) is 45.1 Å². The predicted molar refractivity (Wildman–Crippen MR) is 173 cm³/mol. The Morgan fingerprint density at radius 1 is 0.902 bits per heavy atom. The Morgan fingerprint density at radius 2 is 1.59 bits per heavy atom. The first-order valence-electron chi connectivity index (χ1n) is 15.8. The predicted octanol–water partition coefficient (Wildman–Crippen LogP) is 9.44. The average molecular weight is 580 g/mol. The molecule has 0 saturated carbocycles. The van der Waals surface area contributed by atoms with E-state index in [1.165, 1.54) is 43.2 Å². The number of halogens is 1. The van der Waals surface area contributed by atoms with Crippen molar-refractivity contribution in [3.8, 4) is 0 Å². The van der Waals surface area contributed by atoms with E-state index >= 15 is 0 Å². The number of carbonyl (C=O) groups excluding carboxylic acids is 2. The number of likely N-dealkylation sites (tertiary alicyclic amines) is 1. The van der Waals surface area contributed by atoms with Crippen LogP contribution in [-0.2, 0) is 4.79 Å². The molecule has 224 valence electrons. The van der Waals surface area contributed by atoms with Gasteiger partial charge in [-0.15, -0.1) is 0 Å². The van der Waals surface area contributed by atoms with Gasteiger partial charge in [0, 0.05) is 43.3 Å². The maximum absolute atomic E-state index is 13.6. The van der Waals surface area contributed by atoms with Gasteiger partial charge in [0.05, 0.1) is 0 Å². The van der Waals surface area contributed by atoms with Crippen molar-refractivity contribution in [1.82, 2.24) is 9.80 Å². The molecule has 0 aliphatic carbocycles. The Hall–Kier alpha value is -2.79. The molecule has 0 aromatic heterocycles. The van der Waals surface area contributed by atoms with Gasteiger partial charge >= 0.3 is 6.03 Å². The molecule has 0 bridgehead atoms. The molecule has 2 aromatic carbocycles. The Bertz CT molecular complexity index is 1080. The summed E-state index contributed by atoms with van der Waals surface area (Å²) in [6, 6.07) is 17.6. The summed E-state index contributed by atoms with van der Waals surface area (Å²) in [5, 5.41) is 3.57. The van der Waals surface area contributed by atoms with Crippen molar-refractivity contribution in [2.45, 2.75) is 90.9 Å². The number of urea groups is 1. The third-order valence-corrected chi connectivity index (χ3v) is 8.20. The van der Waals surface area contributed by atoms with Crippen molar-refractivity contribution in [3.63, 3.8) is 0 Å². The maximum Gasteiger partial charge on any atom is 0.321 e. The third kappa shape index (κ3) is 12.3. The van der Waals surface area contributed by atoms with E-state index in [9.17, 15) is 9.59 Å². The summed E-state index contributed by atoms with van der Waals surface area (Å²) in [4.78, 5) is 30.4. The van der Waals surface area contributed by atoms with Crippen molar-refractivity contribution >= 4 is 35.3 Å².